The van der Waals surface area contributed by atoms with Gasteiger partial charge in [0.1, 0.15) is 5.82 Å². The Kier molecular flexibility index (Phi) is 7.17. The van der Waals surface area contributed by atoms with Crippen LogP contribution in [0.3, 0.4) is 0 Å². The zero-order valence-electron chi connectivity index (χ0n) is 18.1. The summed E-state index contributed by atoms with van der Waals surface area (Å²) in [6.07, 6.45) is 0.280. The van der Waals surface area contributed by atoms with Gasteiger partial charge in [-0.15, -0.1) is 11.8 Å². The highest BCUT2D eigenvalue weighted by molar-refractivity contribution is 7.99. The normalized spacial score (nSPS) is 16.8. The molecular formula is C26H24ClFN2O2S. The van der Waals surface area contributed by atoms with Crippen LogP contribution in [0.25, 0.3) is 0 Å². The molecule has 0 saturated heterocycles. The summed E-state index contributed by atoms with van der Waals surface area (Å²) in [7, 11) is 0. The predicted molar refractivity (Wildman–Crippen MR) is 132 cm³/mol. The largest absolute Gasteiger partial charge is 0.319 e. The molecule has 1 aliphatic heterocycles. The van der Waals surface area contributed by atoms with Gasteiger partial charge in [-0.2, -0.15) is 0 Å². The third-order valence-corrected chi connectivity index (χ3v) is 7.19. The molecule has 3 aromatic rings. The molecule has 33 heavy (non-hydrogen) atoms. The highest BCUT2D eigenvalue weighted by Gasteiger charge is 2.29. The number of hydrogen-bond donors (Lipinski definition) is 1. The Labute approximate surface area is 201 Å². The number of halogens is 2. The highest BCUT2D eigenvalue weighted by atomic mass is 35.5. The second-order valence-electron chi connectivity index (χ2n) is 8.23. The Bertz CT molecular complexity index is 1170. The molecule has 170 valence electrons. The number of Topliss-reactive ketones (excluding diaryl/α,β-unsaturated/α-hetero) is 1. The van der Waals surface area contributed by atoms with Crippen LogP contribution in [0.5, 0.6) is 0 Å². The third-order valence-electron chi connectivity index (χ3n) is 5.76. The first kappa shape index (κ1) is 23.5. The number of hydrogen-bond acceptors (Lipinski definition) is 4. The summed E-state index contributed by atoms with van der Waals surface area (Å²) in [5.74, 6) is -0.110. The first-order valence-corrected chi connectivity index (χ1v) is 12.0. The molecule has 0 spiro atoms. The van der Waals surface area contributed by atoms with Crippen molar-refractivity contribution in [3.05, 3.63) is 94.3 Å². The number of fused-ring (bicyclic) bond motifs is 1. The summed E-state index contributed by atoms with van der Waals surface area (Å²) in [5.41, 5.74) is 9.18. The van der Waals surface area contributed by atoms with Gasteiger partial charge < -0.3 is 10.6 Å². The minimum atomic E-state index is -0.632. The minimum absolute atomic E-state index is 0.0351. The lowest BCUT2D eigenvalue weighted by Gasteiger charge is -2.25. The van der Waals surface area contributed by atoms with Crippen molar-refractivity contribution < 1.29 is 14.0 Å². The smallest absolute Gasteiger partial charge is 0.245 e. The third kappa shape index (κ3) is 5.46. The maximum Gasteiger partial charge on any atom is 0.245 e. The van der Waals surface area contributed by atoms with Gasteiger partial charge in [-0.1, -0.05) is 48.9 Å². The van der Waals surface area contributed by atoms with E-state index in [0.717, 1.165) is 16.0 Å². The zero-order chi connectivity index (χ0) is 23.5. The monoisotopic (exact) mass is 482 g/mol. The van der Waals surface area contributed by atoms with E-state index in [4.69, 9.17) is 17.3 Å². The molecule has 0 aromatic heterocycles. The van der Waals surface area contributed by atoms with E-state index in [2.05, 4.69) is 0 Å². The van der Waals surface area contributed by atoms with Gasteiger partial charge in [0.25, 0.3) is 0 Å². The molecule has 4 rings (SSSR count). The number of carbonyl (C=O) groups excluding carboxylic acids is 2. The van der Waals surface area contributed by atoms with Gasteiger partial charge in [0.2, 0.25) is 5.91 Å². The van der Waals surface area contributed by atoms with Crippen LogP contribution in [0.1, 0.15) is 40.7 Å². The Balaban J connectivity index is 1.61. The minimum Gasteiger partial charge on any atom is -0.319 e. The fourth-order valence-corrected chi connectivity index (χ4v) is 4.94. The number of amides is 1. The number of anilines is 1. The van der Waals surface area contributed by atoms with Gasteiger partial charge in [-0.05, 0) is 53.4 Å². The van der Waals surface area contributed by atoms with Crippen LogP contribution in [0.4, 0.5) is 10.1 Å². The van der Waals surface area contributed by atoms with Gasteiger partial charge >= 0.3 is 0 Å². The molecule has 0 aliphatic carbocycles. The quantitative estimate of drug-likeness (QED) is 0.449. The molecule has 3 aromatic carbocycles. The van der Waals surface area contributed by atoms with Crippen LogP contribution >= 0.6 is 23.4 Å². The van der Waals surface area contributed by atoms with Crippen molar-refractivity contribution in [3.8, 4) is 0 Å². The van der Waals surface area contributed by atoms with Gasteiger partial charge in [0.15, 0.2) is 5.78 Å². The van der Waals surface area contributed by atoms with Crippen LogP contribution in [-0.4, -0.2) is 23.5 Å². The van der Waals surface area contributed by atoms with Crippen LogP contribution in [0.2, 0.25) is 5.02 Å². The number of rotatable bonds is 6. The number of benzene rings is 3. The fraction of sp³-hybridized carbons (Fsp3) is 0.231. The van der Waals surface area contributed by atoms with Gasteiger partial charge in [0.05, 0.1) is 18.3 Å². The number of nitrogens with two attached hydrogens (primary N) is 1. The molecule has 1 amide bonds. The maximum atomic E-state index is 13.2. The van der Waals surface area contributed by atoms with Crippen molar-refractivity contribution >= 4 is 40.7 Å². The van der Waals surface area contributed by atoms with Crippen molar-refractivity contribution in [2.24, 2.45) is 5.73 Å². The fourth-order valence-electron chi connectivity index (χ4n) is 3.83. The van der Waals surface area contributed by atoms with Crippen LogP contribution in [0, 0.1) is 5.82 Å². The SMILES string of the molecule is C[C@H](CC(=O)c1ccc2c(c1)N(Cc1ccc(Cl)cc1)C(=O)[C@@H](N)CS2)c1ccc(F)cc1. The molecule has 4 nitrogen and oxygen atoms in total. The summed E-state index contributed by atoms with van der Waals surface area (Å²) in [6, 6.07) is 18.4. The standard InChI is InChI=1S/C26H24ClFN2O2S/c1-16(18-4-9-21(28)10-5-18)12-24(31)19-6-11-25-23(13-19)30(26(32)22(29)15-33-25)14-17-2-7-20(27)8-3-17/h2-11,13,16,22H,12,14-15,29H2,1H3/t16-,22+/m1/s1. The molecule has 7 heteroatoms. The van der Waals surface area contributed by atoms with Crippen molar-refractivity contribution in [1.82, 2.24) is 0 Å². The molecule has 1 heterocycles. The Morgan fingerprint density at radius 3 is 2.55 bits per heavy atom. The van der Waals surface area contributed by atoms with E-state index in [0.29, 0.717) is 28.6 Å². The second-order valence-corrected chi connectivity index (χ2v) is 9.73. The summed E-state index contributed by atoms with van der Waals surface area (Å²) in [4.78, 5) is 28.8. The first-order chi connectivity index (χ1) is 15.8. The Morgan fingerprint density at radius 2 is 1.85 bits per heavy atom. The molecule has 0 fully saturated rings. The van der Waals surface area contributed by atoms with Gasteiger partial charge in [-0.3, -0.25) is 9.59 Å². The van der Waals surface area contributed by atoms with Gasteiger partial charge in [0, 0.05) is 27.7 Å². The zero-order valence-corrected chi connectivity index (χ0v) is 19.7. The first-order valence-electron chi connectivity index (χ1n) is 10.7. The number of ketones is 1. The van der Waals surface area contributed by atoms with Crippen molar-refractivity contribution in [3.63, 3.8) is 0 Å². The highest BCUT2D eigenvalue weighted by Crippen LogP contribution is 2.36. The maximum absolute atomic E-state index is 13.2. The summed E-state index contributed by atoms with van der Waals surface area (Å²) < 4.78 is 13.2. The number of carbonyl (C=O) groups is 2. The van der Waals surface area contributed by atoms with Gasteiger partial charge in [-0.25, -0.2) is 4.39 Å². The van der Waals surface area contributed by atoms with E-state index in [-0.39, 0.29) is 29.8 Å². The molecule has 1 aliphatic rings. The molecule has 0 unspecified atom stereocenters. The number of nitrogens with zero attached hydrogens (tertiary/aromatic N) is 1. The molecule has 2 N–H and O–H groups in total. The lowest BCUT2D eigenvalue weighted by atomic mass is 9.93. The average molecular weight is 483 g/mol. The van der Waals surface area contributed by atoms with E-state index in [1.54, 1.807) is 41.3 Å². The number of thioether (sulfide) groups is 1. The second kappa shape index (κ2) is 10.1. The molecule has 0 saturated carbocycles. The van der Waals surface area contributed by atoms with Crippen LogP contribution in [0.15, 0.2) is 71.6 Å². The van der Waals surface area contributed by atoms with E-state index in [1.165, 1.54) is 23.9 Å². The van der Waals surface area contributed by atoms with E-state index in [9.17, 15) is 14.0 Å². The van der Waals surface area contributed by atoms with E-state index in [1.807, 2.05) is 25.1 Å². The van der Waals surface area contributed by atoms with Crippen molar-refractivity contribution in [2.75, 3.05) is 10.7 Å². The van der Waals surface area contributed by atoms with Crippen LogP contribution in [-0.2, 0) is 11.3 Å². The van der Waals surface area contributed by atoms with Crippen LogP contribution < -0.4 is 10.6 Å². The molecule has 0 radical (unpaired) electrons. The average Bonchev–Trinajstić information content (AvgIpc) is 2.92. The van der Waals surface area contributed by atoms with E-state index < -0.39 is 6.04 Å². The van der Waals surface area contributed by atoms with E-state index >= 15 is 0 Å². The predicted octanol–water partition coefficient (Wildman–Crippen LogP) is 5.82. The summed E-state index contributed by atoms with van der Waals surface area (Å²) in [5, 5.41) is 0.622. The lowest BCUT2D eigenvalue weighted by molar-refractivity contribution is -0.119. The topological polar surface area (TPSA) is 63.4 Å². The summed E-state index contributed by atoms with van der Waals surface area (Å²) in [6.45, 7) is 2.28. The van der Waals surface area contributed by atoms with Crippen molar-refractivity contribution in [2.45, 2.75) is 36.7 Å². The Morgan fingerprint density at radius 1 is 1.15 bits per heavy atom. The molecule has 2 atom stereocenters. The van der Waals surface area contributed by atoms with Crippen molar-refractivity contribution in [1.29, 1.82) is 0 Å². The Hall–Kier alpha value is -2.67. The summed E-state index contributed by atoms with van der Waals surface area (Å²) >= 11 is 7.52. The molecular weight excluding hydrogens is 459 g/mol. The lowest BCUT2D eigenvalue weighted by Crippen LogP contribution is -2.44. The molecule has 0 bridgehead atoms.